The Hall–Kier alpha value is -2.18. The minimum Gasteiger partial charge on any atom is -0.327 e. The smallest absolute Gasteiger partial charge is 0.229 e. The van der Waals surface area contributed by atoms with Gasteiger partial charge in [-0.15, -0.1) is 0 Å². The highest BCUT2D eigenvalue weighted by molar-refractivity contribution is 7.92. The number of nitrogens with two attached hydrogens (primary N) is 1. The molecule has 3 rings (SSSR count). The molecule has 2 aromatic carbocycles. The van der Waals surface area contributed by atoms with E-state index < -0.39 is 21.1 Å². The maximum absolute atomic E-state index is 12.7. The highest BCUT2D eigenvalue weighted by Crippen LogP contribution is 2.32. The topological polar surface area (TPSA) is 89.3 Å². The van der Waals surface area contributed by atoms with Crippen LogP contribution in [-0.4, -0.2) is 25.6 Å². The molecule has 3 atom stereocenters. The van der Waals surface area contributed by atoms with Crippen LogP contribution in [0.2, 0.25) is 0 Å². The predicted octanol–water partition coefficient (Wildman–Crippen LogP) is 2.60. The molecule has 0 aliphatic heterocycles. The van der Waals surface area contributed by atoms with Crippen molar-refractivity contribution in [1.29, 1.82) is 0 Å². The van der Waals surface area contributed by atoms with Crippen LogP contribution in [0.15, 0.2) is 65.6 Å². The number of hydrogen-bond donors (Lipinski definition) is 2. The predicted molar refractivity (Wildman–Crippen MR) is 97.8 cm³/mol. The Balaban J connectivity index is 1.67. The Labute approximate surface area is 148 Å². The first-order chi connectivity index (χ1) is 12.0. The number of sulfone groups is 1. The monoisotopic (exact) mass is 358 g/mol. The van der Waals surface area contributed by atoms with Crippen molar-refractivity contribution < 1.29 is 13.2 Å². The zero-order chi connectivity index (χ0) is 17.9. The lowest BCUT2D eigenvalue weighted by atomic mass is 9.84. The van der Waals surface area contributed by atoms with E-state index in [4.69, 9.17) is 5.73 Å². The third-order valence-electron chi connectivity index (χ3n) is 4.74. The highest BCUT2D eigenvalue weighted by Gasteiger charge is 2.38. The zero-order valence-electron chi connectivity index (χ0n) is 13.8. The van der Waals surface area contributed by atoms with Gasteiger partial charge in [0.15, 0.2) is 9.84 Å². The van der Waals surface area contributed by atoms with E-state index in [2.05, 4.69) is 5.32 Å². The van der Waals surface area contributed by atoms with Gasteiger partial charge in [0.25, 0.3) is 0 Å². The van der Waals surface area contributed by atoms with Crippen LogP contribution in [0.4, 0.5) is 5.69 Å². The minimum atomic E-state index is -3.41. The Bertz CT molecular complexity index is 822. The Morgan fingerprint density at radius 3 is 2.16 bits per heavy atom. The molecular weight excluding hydrogens is 336 g/mol. The summed E-state index contributed by atoms with van der Waals surface area (Å²) in [7, 11) is -3.41. The summed E-state index contributed by atoms with van der Waals surface area (Å²) in [6.45, 7) is 0. The van der Waals surface area contributed by atoms with Crippen LogP contribution in [0.1, 0.15) is 19.3 Å². The van der Waals surface area contributed by atoms with E-state index in [-0.39, 0.29) is 11.8 Å². The van der Waals surface area contributed by atoms with Gasteiger partial charge < -0.3 is 11.1 Å². The number of para-hydroxylation sites is 1. The van der Waals surface area contributed by atoms with E-state index in [0.29, 0.717) is 24.2 Å². The number of carbonyl (C=O) groups excluding carboxylic acids is 1. The number of hydrogen-bond acceptors (Lipinski definition) is 4. The second-order valence-corrected chi connectivity index (χ2v) is 8.65. The summed E-state index contributed by atoms with van der Waals surface area (Å²) in [6.07, 6.45) is 1.21. The van der Waals surface area contributed by atoms with Crippen LogP contribution >= 0.6 is 0 Å². The lowest BCUT2D eigenvalue weighted by Crippen LogP contribution is -2.46. The van der Waals surface area contributed by atoms with Crippen LogP contribution in [0.5, 0.6) is 0 Å². The fourth-order valence-corrected chi connectivity index (χ4v) is 5.17. The number of rotatable bonds is 4. The van der Waals surface area contributed by atoms with Gasteiger partial charge in [0, 0.05) is 11.7 Å². The molecule has 2 aromatic rings. The SMILES string of the molecule is NC1CC(S(=O)(=O)c2ccccc2)CCC1C(=O)Nc1ccccc1. The molecule has 1 aliphatic rings. The summed E-state index contributed by atoms with van der Waals surface area (Å²) >= 11 is 0. The minimum absolute atomic E-state index is 0.144. The Kier molecular flexibility index (Phi) is 5.20. The number of carbonyl (C=O) groups is 1. The second-order valence-electron chi connectivity index (χ2n) is 6.42. The zero-order valence-corrected chi connectivity index (χ0v) is 14.7. The van der Waals surface area contributed by atoms with E-state index in [9.17, 15) is 13.2 Å². The summed E-state index contributed by atoms with van der Waals surface area (Å²) in [6, 6.07) is 17.2. The quantitative estimate of drug-likeness (QED) is 0.879. The van der Waals surface area contributed by atoms with Crippen LogP contribution < -0.4 is 11.1 Å². The van der Waals surface area contributed by atoms with Crippen LogP contribution in [-0.2, 0) is 14.6 Å². The molecule has 0 saturated heterocycles. The van der Waals surface area contributed by atoms with Crippen molar-refractivity contribution in [3.05, 3.63) is 60.7 Å². The molecule has 0 bridgehead atoms. The Morgan fingerprint density at radius 2 is 1.56 bits per heavy atom. The van der Waals surface area contributed by atoms with Gasteiger partial charge in [-0.25, -0.2) is 8.42 Å². The number of amides is 1. The van der Waals surface area contributed by atoms with Crippen molar-refractivity contribution in [1.82, 2.24) is 0 Å². The van der Waals surface area contributed by atoms with Gasteiger partial charge in [0.05, 0.1) is 16.1 Å². The summed E-state index contributed by atoms with van der Waals surface area (Å²) in [4.78, 5) is 12.8. The third-order valence-corrected chi connectivity index (χ3v) is 6.98. The van der Waals surface area contributed by atoms with Gasteiger partial charge in [-0.3, -0.25) is 4.79 Å². The Morgan fingerprint density at radius 1 is 0.960 bits per heavy atom. The third kappa shape index (κ3) is 3.91. The molecule has 1 fully saturated rings. The average molecular weight is 358 g/mol. The van der Waals surface area contributed by atoms with Gasteiger partial charge in [-0.2, -0.15) is 0 Å². The molecule has 1 saturated carbocycles. The highest BCUT2D eigenvalue weighted by atomic mass is 32.2. The first-order valence-electron chi connectivity index (χ1n) is 8.39. The average Bonchev–Trinajstić information content (AvgIpc) is 2.63. The maximum Gasteiger partial charge on any atom is 0.229 e. The fraction of sp³-hybridized carbons (Fsp3) is 0.316. The molecule has 5 nitrogen and oxygen atoms in total. The molecule has 0 heterocycles. The van der Waals surface area contributed by atoms with E-state index >= 15 is 0 Å². The van der Waals surface area contributed by atoms with E-state index in [1.165, 1.54) is 0 Å². The second kappa shape index (κ2) is 7.37. The number of nitrogens with one attached hydrogen (secondary N) is 1. The van der Waals surface area contributed by atoms with Crippen molar-refractivity contribution >= 4 is 21.4 Å². The molecule has 6 heteroatoms. The standard InChI is InChI=1S/C19H22N2O3S/c20-18-13-16(25(23,24)15-9-5-2-6-10-15)11-12-17(18)19(22)21-14-7-3-1-4-8-14/h1-10,16-18H,11-13,20H2,(H,21,22). The molecule has 1 amide bonds. The van der Waals surface area contributed by atoms with Gasteiger partial charge in [0.2, 0.25) is 5.91 Å². The van der Waals surface area contributed by atoms with Gasteiger partial charge in [-0.1, -0.05) is 36.4 Å². The number of benzene rings is 2. The van der Waals surface area contributed by atoms with Crippen molar-refractivity contribution in [2.45, 2.75) is 35.4 Å². The van der Waals surface area contributed by atoms with Crippen LogP contribution in [0.3, 0.4) is 0 Å². The van der Waals surface area contributed by atoms with Crippen molar-refractivity contribution in [3.8, 4) is 0 Å². The first kappa shape index (κ1) is 17.6. The molecule has 132 valence electrons. The van der Waals surface area contributed by atoms with Gasteiger partial charge in [-0.05, 0) is 43.5 Å². The molecule has 0 aromatic heterocycles. The normalized spacial score (nSPS) is 23.8. The maximum atomic E-state index is 12.7. The lowest BCUT2D eigenvalue weighted by Gasteiger charge is -2.32. The molecule has 25 heavy (non-hydrogen) atoms. The van der Waals surface area contributed by atoms with Gasteiger partial charge >= 0.3 is 0 Å². The molecule has 3 unspecified atom stereocenters. The first-order valence-corrected chi connectivity index (χ1v) is 9.93. The van der Waals surface area contributed by atoms with Gasteiger partial charge in [0.1, 0.15) is 0 Å². The van der Waals surface area contributed by atoms with Crippen molar-refractivity contribution in [2.24, 2.45) is 11.7 Å². The molecule has 3 N–H and O–H groups in total. The molecule has 1 aliphatic carbocycles. The molecule has 0 radical (unpaired) electrons. The summed E-state index contributed by atoms with van der Waals surface area (Å²) in [5.41, 5.74) is 6.89. The summed E-state index contributed by atoms with van der Waals surface area (Å²) in [5.74, 6) is -0.517. The van der Waals surface area contributed by atoms with Crippen molar-refractivity contribution in [3.63, 3.8) is 0 Å². The molecule has 0 spiro atoms. The van der Waals surface area contributed by atoms with E-state index in [1.807, 2.05) is 30.3 Å². The van der Waals surface area contributed by atoms with E-state index in [1.54, 1.807) is 30.3 Å². The largest absolute Gasteiger partial charge is 0.327 e. The van der Waals surface area contributed by atoms with E-state index in [0.717, 1.165) is 5.69 Å². The van der Waals surface area contributed by atoms with Crippen molar-refractivity contribution in [2.75, 3.05) is 5.32 Å². The fourth-order valence-electron chi connectivity index (χ4n) is 3.33. The lowest BCUT2D eigenvalue weighted by molar-refractivity contribution is -0.121. The summed E-state index contributed by atoms with van der Waals surface area (Å²) < 4.78 is 25.5. The van der Waals surface area contributed by atoms with Crippen LogP contribution in [0.25, 0.3) is 0 Å². The molecular formula is C19H22N2O3S. The summed E-state index contributed by atoms with van der Waals surface area (Å²) in [5, 5.41) is 2.32. The van der Waals surface area contributed by atoms with Crippen LogP contribution in [0, 0.1) is 5.92 Å². The number of anilines is 1.